The van der Waals surface area contributed by atoms with Gasteiger partial charge in [0.25, 0.3) is 5.91 Å². The Bertz CT molecular complexity index is 593. The third-order valence-corrected chi connectivity index (χ3v) is 5.67. The topological polar surface area (TPSA) is 47.2 Å². The van der Waals surface area contributed by atoms with E-state index < -0.39 is 0 Å². The first-order chi connectivity index (χ1) is 12.0. The third kappa shape index (κ3) is 5.19. The second-order valence-electron chi connectivity index (χ2n) is 7.86. The first-order valence-corrected chi connectivity index (χ1v) is 9.65. The molecule has 0 radical (unpaired) electrons. The van der Waals surface area contributed by atoms with E-state index in [9.17, 15) is 4.79 Å². The molecule has 2 aliphatic rings. The second-order valence-corrected chi connectivity index (χ2v) is 7.86. The van der Waals surface area contributed by atoms with Gasteiger partial charge >= 0.3 is 0 Å². The van der Waals surface area contributed by atoms with Crippen molar-refractivity contribution in [3.63, 3.8) is 0 Å². The molecule has 138 valence electrons. The lowest BCUT2D eigenvalue weighted by molar-refractivity contribution is -1.02. The van der Waals surface area contributed by atoms with Crippen molar-refractivity contribution < 1.29 is 19.3 Å². The lowest BCUT2D eigenvalue weighted by atomic mass is 10.1. The molecular weight excluding hydrogens is 314 g/mol. The van der Waals surface area contributed by atoms with E-state index in [0.29, 0.717) is 12.6 Å². The van der Waals surface area contributed by atoms with E-state index in [1.807, 2.05) is 0 Å². The maximum atomic E-state index is 12.2. The highest BCUT2D eigenvalue weighted by molar-refractivity contribution is 5.77. The summed E-state index contributed by atoms with van der Waals surface area (Å²) in [5, 5.41) is 3.18. The molecular formula is C20H33N3O2+2. The van der Waals surface area contributed by atoms with Crippen LogP contribution in [0, 0.1) is 12.8 Å². The van der Waals surface area contributed by atoms with Crippen LogP contribution in [0.25, 0.3) is 0 Å². The number of hydrogen-bond acceptors (Lipinski definition) is 2. The van der Waals surface area contributed by atoms with Gasteiger partial charge in [0, 0.05) is 11.6 Å². The van der Waals surface area contributed by atoms with Crippen molar-refractivity contribution in [2.75, 3.05) is 39.8 Å². The van der Waals surface area contributed by atoms with Crippen LogP contribution < -0.4 is 19.9 Å². The standard InChI is InChI=1S/C20H31N3O2/c1-15-4-7-19(25-3)18(12-15)13-22-8-10-23(11-9-22)14-20(24)21-16(2)17-5-6-17/h4,7,12,16-17H,5-6,8-11,13-14H2,1-3H3,(H,21,24)/p+2/t16-/m1/s1. The molecule has 0 unspecified atom stereocenters. The van der Waals surface area contributed by atoms with E-state index in [4.69, 9.17) is 4.74 Å². The molecule has 25 heavy (non-hydrogen) atoms. The minimum atomic E-state index is 0.221. The number of rotatable bonds is 7. The molecule has 1 aliphatic carbocycles. The molecule has 1 saturated carbocycles. The Morgan fingerprint density at radius 3 is 2.56 bits per heavy atom. The quantitative estimate of drug-likeness (QED) is 0.605. The van der Waals surface area contributed by atoms with Gasteiger partial charge in [-0.05, 0) is 44.7 Å². The Hall–Kier alpha value is -1.59. The van der Waals surface area contributed by atoms with Crippen LogP contribution in [0.15, 0.2) is 18.2 Å². The average molecular weight is 348 g/mol. The van der Waals surface area contributed by atoms with Crippen LogP contribution in [0.2, 0.25) is 0 Å². The number of carbonyl (C=O) groups is 1. The number of nitrogens with one attached hydrogen (secondary N) is 3. The van der Waals surface area contributed by atoms with Crippen LogP contribution in [0.4, 0.5) is 0 Å². The van der Waals surface area contributed by atoms with Gasteiger partial charge in [-0.15, -0.1) is 0 Å². The van der Waals surface area contributed by atoms with E-state index in [0.717, 1.165) is 44.4 Å². The number of amides is 1. The maximum absolute atomic E-state index is 12.2. The van der Waals surface area contributed by atoms with Gasteiger partial charge < -0.3 is 19.9 Å². The number of carbonyl (C=O) groups excluding carboxylic acids is 1. The van der Waals surface area contributed by atoms with Crippen molar-refractivity contribution in [2.24, 2.45) is 5.92 Å². The van der Waals surface area contributed by atoms with Gasteiger partial charge in [-0.25, -0.2) is 0 Å². The molecule has 3 rings (SSSR count). The number of piperazine rings is 1. The molecule has 1 aromatic rings. The van der Waals surface area contributed by atoms with Crippen molar-refractivity contribution in [1.82, 2.24) is 5.32 Å². The fraction of sp³-hybridized carbons (Fsp3) is 0.650. The first kappa shape index (κ1) is 18.2. The molecule has 5 nitrogen and oxygen atoms in total. The highest BCUT2D eigenvalue weighted by Gasteiger charge is 2.30. The highest BCUT2D eigenvalue weighted by atomic mass is 16.5. The first-order valence-electron chi connectivity index (χ1n) is 9.65. The Labute approximate surface area is 151 Å². The molecule has 0 bridgehead atoms. The molecule has 0 spiro atoms. The minimum absolute atomic E-state index is 0.221. The summed E-state index contributed by atoms with van der Waals surface area (Å²) in [6.07, 6.45) is 2.55. The van der Waals surface area contributed by atoms with Crippen molar-refractivity contribution >= 4 is 5.91 Å². The van der Waals surface area contributed by atoms with Crippen LogP contribution in [0.1, 0.15) is 30.9 Å². The zero-order valence-electron chi connectivity index (χ0n) is 15.9. The lowest BCUT2D eigenvalue weighted by Crippen LogP contribution is -3.28. The molecule has 1 atom stereocenters. The maximum Gasteiger partial charge on any atom is 0.275 e. The Morgan fingerprint density at radius 1 is 1.24 bits per heavy atom. The van der Waals surface area contributed by atoms with Gasteiger partial charge in [0.15, 0.2) is 6.54 Å². The van der Waals surface area contributed by atoms with E-state index in [1.54, 1.807) is 12.0 Å². The zero-order valence-corrected chi connectivity index (χ0v) is 15.9. The molecule has 3 N–H and O–H groups in total. The minimum Gasteiger partial charge on any atom is -0.496 e. The summed E-state index contributed by atoms with van der Waals surface area (Å²) < 4.78 is 5.51. The summed E-state index contributed by atoms with van der Waals surface area (Å²) in [5.41, 5.74) is 2.57. The van der Waals surface area contributed by atoms with Crippen molar-refractivity contribution in [3.8, 4) is 5.75 Å². The zero-order chi connectivity index (χ0) is 17.8. The van der Waals surface area contributed by atoms with E-state index in [2.05, 4.69) is 37.4 Å². The predicted molar refractivity (Wildman–Crippen MR) is 98.0 cm³/mol. The molecule has 0 aromatic heterocycles. The van der Waals surface area contributed by atoms with Crippen molar-refractivity contribution in [2.45, 2.75) is 39.3 Å². The fourth-order valence-corrected chi connectivity index (χ4v) is 3.87. The van der Waals surface area contributed by atoms with Gasteiger partial charge in [0.1, 0.15) is 38.5 Å². The fourth-order valence-electron chi connectivity index (χ4n) is 3.87. The van der Waals surface area contributed by atoms with Gasteiger partial charge in [-0.1, -0.05) is 11.6 Å². The predicted octanol–water partition coefficient (Wildman–Crippen LogP) is -0.798. The summed E-state index contributed by atoms with van der Waals surface area (Å²) in [5.74, 6) is 1.93. The molecule has 1 saturated heterocycles. The van der Waals surface area contributed by atoms with Crippen LogP contribution in [-0.2, 0) is 11.3 Å². The Kier molecular flexibility index (Phi) is 5.97. The van der Waals surface area contributed by atoms with Crippen LogP contribution >= 0.6 is 0 Å². The van der Waals surface area contributed by atoms with Crippen LogP contribution in [0.5, 0.6) is 5.75 Å². The Morgan fingerprint density at radius 2 is 1.92 bits per heavy atom. The average Bonchev–Trinajstić information content (AvgIpc) is 3.42. The molecule has 1 aliphatic heterocycles. The van der Waals surface area contributed by atoms with E-state index in [-0.39, 0.29) is 5.91 Å². The summed E-state index contributed by atoms with van der Waals surface area (Å²) >= 11 is 0. The molecule has 1 aromatic carbocycles. The highest BCUT2D eigenvalue weighted by Crippen LogP contribution is 2.32. The molecule has 1 amide bonds. The summed E-state index contributed by atoms with van der Waals surface area (Å²) in [6.45, 7) is 10.2. The number of hydrogen-bond donors (Lipinski definition) is 3. The number of quaternary nitrogens is 2. The number of aryl methyl sites for hydroxylation is 1. The van der Waals surface area contributed by atoms with Crippen LogP contribution in [0.3, 0.4) is 0 Å². The lowest BCUT2D eigenvalue weighted by Gasteiger charge is -2.30. The largest absolute Gasteiger partial charge is 0.496 e. The van der Waals surface area contributed by atoms with Gasteiger partial charge in [-0.2, -0.15) is 0 Å². The smallest absolute Gasteiger partial charge is 0.275 e. The van der Waals surface area contributed by atoms with Crippen LogP contribution in [-0.4, -0.2) is 51.8 Å². The van der Waals surface area contributed by atoms with Crippen molar-refractivity contribution in [3.05, 3.63) is 29.3 Å². The third-order valence-electron chi connectivity index (χ3n) is 5.67. The molecule has 1 heterocycles. The molecule has 2 fully saturated rings. The van der Waals surface area contributed by atoms with E-state index in [1.165, 1.54) is 28.9 Å². The number of ether oxygens (including phenoxy) is 1. The van der Waals surface area contributed by atoms with Gasteiger partial charge in [0.2, 0.25) is 0 Å². The number of methoxy groups -OCH3 is 1. The summed E-state index contributed by atoms with van der Waals surface area (Å²) in [4.78, 5) is 15.2. The van der Waals surface area contributed by atoms with Gasteiger partial charge in [-0.3, -0.25) is 4.79 Å². The SMILES string of the molecule is COc1ccc(C)cc1C[NH+]1CC[NH+](CC(=O)N[C@H](C)C2CC2)CC1. The summed E-state index contributed by atoms with van der Waals surface area (Å²) in [6, 6.07) is 6.75. The van der Waals surface area contributed by atoms with E-state index >= 15 is 0 Å². The van der Waals surface area contributed by atoms with Crippen molar-refractivity contribution in [1.29, 1.82) is 0 Å². The monoisotopic (exact) mass is 347 g/mol. The molecule has 5 heteroatoms. The second kappa shape index (κ2) is 8.19. The normalized spacial score (nSPS) is 24.6. The van der Waals surface area contributed by atoms with Gasteiger partial charge in [0.05, 0.1) is 7.11 Å². The Balaban J connectivity index is 1.44. The summed E-state index contributed by atoms with van der Waals surface area (Å²) in [7, 11) is 1.74. The number of benzene rings is 1.